The van der Waals surface area contributed by atoms with E-state index in [0.29, 0.717) is 19.4 Å². The zero-order valence-electron chi connectivity index (χ0n) is 10.4. The second-order valence-corrected chi connectivity index (χ2v) is 4.23. The molecule has 0 radical (unpaired) electrons. The first-order chi connectivity index (χ1) is 9.11. The Hall–Kier alpha value is -0.930. The number of aliphatic hydroxyl groups is 4. The lowest BCUT2D eigenvalue weighted by molar-refractivity contribution is -0.301. The highest BCUT2D eigenvalue weighted by atomic mass is 16.7. The van der Waals surface area contributed by atoms with Crippen LogP contribution in [0.1, 0.15) is 12.8 Å². The number of hydrogen-bond donors (Lipinski definition) is 4. The first-order valence-electron chi connectivity index (χ1n) is 6.04. The van der Waals surface area contributed by atoms with Crippen LogP contribution in [0.25, 0.3) is 10.4 Å². The average molecular weight is 277 g/mol. The SMILES string of the molecule is [N-]=[N+]=NCCCCO[C@H]1O[C@H](CO)[C@@H](O)[C@H](O)[C@@H]1O. The number of azide groups is 1. The van der Waals surface area contributed by atoms with Crippen LogP contribution < -0.4 is 0 Å². The molecule has 5 atom stereocenters. The molecule has 1 aliphatic heterocycles. The zero-order valence-corrected chi connectivity index (χ0v) is 10.4. The summed E-state index contributed by atoms with van der Waals surface area (Å²) in [5, 5.41) is 41.0. The van der Waals surface area contributed by atoms with Crippen LogP contribution in [-0.4, -0.2) is 70.9 Å². The summed E-state index contributed by atoms with van der Waals surface area (Å²) in [5.41, 5.74) is 8.07. The Morgan fingerprint density at radius 2 is 1.89 bits per heavy atom. The maximum atomic E-state index is 9.65. The Kier molecular flexibility index (Phi) is 7.03. The third-order valence-electron chi connectivity index (χ3n) is 2.85. The minimum absolute atomic E-state index is 0.240. The van der Waals surface area contributed by atoms with Gasteiger partial charge in [0.15, 0.2) is 6.29 Å². The summed E-state index contributed by atoms with van der Waals surface area (Å²) in [6, 6.07) is 0. The van der Waals surface area contributed by atoms with Crippen LogP contribution in [0, 0.1) is 0 Å². The van der Waals surface area contributed by atoms with E-state index in [4.69, 9.17) is 20.1 Å². The molecule has 1 saturated heterocycles. The molecule has 1 fully saturated rings. The fraction of sp³-hybridized carbons (Fsp3) is 1.00. The molecule has 0 aromatic carbocycles. The quantitative estimate of drug-likeness (QED) is 0.201. The molecule has 0 amide bonds. The standard InChI is InChI=1S/C10H19N3O6/c11-13-12-3-1-2-4-18-10-9(17)8(16)7(15)6(5-14)19-10/h6-10,14-17H,1-5H2/t6-,7-,8+,9+,10+/m1/s1. The van der Waals surface area contributed by atoms with Crippen LogP contribution in [0.3, 0.4) is 0 Å². The van der Waals surface area contributed by atoms with E-state index in [1.807, 2.05) is 0 Å². The van der Waals surface area contributed by atoms with Gasteiger partial charge >= 0.3 is 0 Å². The molecule has 0 bridgehead atoms. The first-order valence-corrected chi connectivity index (χ1v) is 6.04. The van der Waals surface area contributed by atoms with Gasteiger partial charge in [0.25, 0.3) is 0 Å². The van der Waals surface area contributed by atoms with E-state index < -0.39 is 37.3 Å². The molecule has 0 aromatic rings. The van der Waals surface area contributed by atoms with Gasteiger partial charge in [0, 0.05) is 18.1 Å². The molecule has 0 aromatic heterocycles. The van der Waals surface area contributed by atoms with Gasteiger partial charge in [0.05, 0.1) is 6.61 Å². The molecule has 0 saturated carbocycles. The number of hydrogen-bond acceptors (Lipinski definition) is 7. The van der Waals surface area contributed by atoms with Crippen molar-refractivity contribution in [3.05, 3.63) is 10.4 Å². The first kappa shape index (κ1) is 16.1. The summed E-state index contributed by atoms with van der Waals surface area (Å²) in [5.74, 6) is 0. The predicted octanol–water partition coefficient (Wildman–Crippen LogP) is -1.11. The monoisotopic (exact) mass is 277 g/mol. The molecule has 0 unspecified atom stereocenters. The Morgan fingerprint density at radius 1 is 1.16 bits per heavy atom. The average Bonchev–Trinajstić information content (AvgIpc) is 2.42. The Bertz CT molecular complexity index is 310. The molecule has 1 aliphatic rings. The largest absolute Gasteiger partial charge is 0.394 e. The highest BCUT2D eigenvalue weighted by Gasteiger charge is 2.43. The minimum atomic E-state index is -1.43. The molecule has 4 N–H and O–H groups in total. The molecule has 19 heavy (non-hydrogen) atoms. The lowest BCUT2D eigenvalue weighted by Gasteiger charge is -2.39. The van der Waals surface area contributed by atoms with E-state index >= 15 is 0 Å². The van der Waals surface area contributed by atoms with Crippen molar-refractivity contribution in [2.75, 3.05) is 19.8 Å². The van der Waals surface area contributed by atoms with Gasteiger partial charge in [-0.25, -0.2) is 0 Å². The van der Waals surface area contributed by atoms with Gasteiger partial charge in [0.1, 0.15) is 24.4 Å². The second-order valence-electron chi connectivity index (χ2n) is 4.23. The maximum Gasteiger partial charge on any atom is 0.186 e. The lowest BCUT2D eigenvalue weighted by atomic mass is 9.99. The topological polar surface area (TPSA) is 148 Å². The third kappa shape index (κ3) is 4.59. The third-order valence-corrected chi connectivity index (χ3v) is 2.85. The smallest absolute Gasteiger partial charge is 0.186 e. The minimum Gasteiger partial charge on any atom is -0.394 e. The molecule has 1 rings (SSSR count). The fourth-order valence-electron chi connectivity index (χ4n) is 1.73. The second kappa shape index (κ2) is 8.28. The summed E-state index contributed by atoms with van der Waals surface area (Å²) in [7, 11) is 0. The van der Waals surface area contributed by atoms with Crippen LogP contribution in [0.5, 0.6) is 0 Å². The highest BCUT2D eigenvalue weighted by Crippen LogP contribution is 2.22. The predicted molar refractivity (Wildman–Crippen MR) is 63.0 cm³/mol. The summed E-state index contributed by atoms with van der Waals surface area (Å²) in [6.45, 7) is 0.111. The number of nitrogens with zero attached hydrogens (tertiary/aromatic N) is 3. The van der Waals surface area contributed by atoms with Crippen LogP contribution in [0.4, 0.5) is 0 Å². The number of unbranched alkanes of at least 4 members (excludes halogenated alkanes) is 1. The summed E-state index contributed by atoms with van der Waals surface area (Å²) in [6.07, 6.45) is -5.05. The van der Waals surface area contributed by atoms with Crippen molar-refractivity contribution in [2.45, 2.75) is 43.5 Å². The number of ether oxygens (including phenoxy) is 2. The van der Waals surface area contributed by atoms with E-state index in [-0.39, 0.29) is 6.61 Å². The summed E-state index contributed by atoms with van der Waals surface area (Å²) < 4.78 is 10.4. The van der Waals surface area contributed by atoms with Gasteiger partial charge in [-0.05, 0) is 18.4 Å². The van der Waals surface area contributed by atoms with Gasteiger partial charge in [-0.15, -0.1) is 0 Å². The molecule has 110 valence electrons. The Labute approximate surface area is 110 Å². The van der Waals surface area contributed by atoms with Crippen molar-refractivity contribution in [1.29, 1.82) is 0 Å². The fourth-order valence-corrected chi connectivity index (χ4v) is 1.73. The Balaban J connectivity index is 2.33. The maximum absolute atomic E-state index is 9.65. The molecular weight excluding hydrogens is 258 g/mol. The van der Waals surface area contributed by atoms with E-state index in [1.165, 1.54) is 0 Å². The summed E-state index contributed by atoms with van der Waals surface area (Å²) >= 11 is 0. The van der Waals surface area contributed by atoms with Crippen molar-refractivity contribution < 1.29 is 29.9 Å². The van der Waals surface area contributed by atoms with Gasteiger partial charge < -0.3 is 29.9 Å². The normalized spacial score (nSPS) is 34.8. The Morgan fingerprint density at radius 3 is 2.53 bits per heavy atom. The van der Waals surface area contributed by atoms with Gasteiger partial charge in [0.2, 0.25) is 0 Å². The van der Waals surface area contributed by atoms with Crippen LogP contribution in [-0.2, 0) is 9.47 Å². The molecule has 0 aliphatic carbocycles. The zero-order chi connectivity index (χ0) is 14.3. The molecular formula is C10H19N3O6. The van der Waals surface area contributed by atoms with E-state index in [2.05, 4.69) is 10.0 Å². The van der Waals surface area contributed by atoms with Crippen molar-refractivity contribution in [1.82, 2.24) is 0 Å². The van der Waals surface area contributed by atoms with Gasteiger partial charge in [-0.3, -0.25) is 0 Å². The van der Waals surface area contributed by atoms with Gasteiger partial charge in [-0.2, -0.15) is 0 Å². The van der Waals surface area contributed by atoms with E-state index in [0.717, 1.165) is 0 Å². The van der Waals surface area contributed by atoms with Crippen molar-refractivity contribution in [3.63, 3.8) is 0 Å². The summed E-state index contributed by atoms with van der Waals surface area (Å²) in [4.78, 5) is 2.61. The number of aliphatic hydroxyl groups excluding tert-OH is 4. The molecule has 1 heterocycles. The lowest BCUT2D eigenvalue weighted by Crippen LogP contribution is -2.59. The van der Waals surface area contributed by atoms with E-state index in [9.17, 15) is 15.3 Å². The molecule has 9 nitrogen and oxygen atoms in total. The number of rotatable bonds is 7. The highest BCUT2D eigenvalue weighted by molar-refractivity contribution is 4.88. The van der Waals surface area contributed by atoms with Crippen LogP contribution in [0.2, 0.25) is 0 Å². The van der Waals surface area contributed by atoms with Crippen molar-refractivity contribution in [3.8, 4) is 0 Å². The van der Waals surface area contributed by atoms with Crippen LogP contribution in [0.15, 0.2) is 5.11 Å². The van der Waals surface area contributed by atoms with Gasteiger partial charge in [-0.1, -0.05) is 5.11 Å². The molecule has 0 spiro atoms. The van der Waals surface area contributed by atoms with Crippen molar-refractivity contribution in [2.24, 2.45) is 5.11 Å². The van der Waals surface area contributed by atoms with E-state index in [1.54, 1.807) is 0 Å². The van der Waals surface area contributed by atoms with Crippen LogP contribution >= 0.6 is 0 Å². The molecule has 9 heteroatoms. The van der Waals surface area contributed by atoms with Crippen molar-refractivity contribution >= 4 is 0 Å².